The van der Waals surface area contributed by atoms with Crippen LogP contribution in [0.4, 0.5) is 23.1 Å². The maximum absolute atomic E-state index is 5.41. The highest BCUT2D eigenvalue weighted by molar-refractivity contribution is 5.67. The van der Waals surface area contributed by atoms with Crippen molar-refractivity contribution in [3.63, 3.8) is 0 Å². The van der Waals surface area contributed by atoms with Crippen molar-refractivity contribution in [2.24, 2.45) is 0 Å². The topological polar surface area (TPSA) is 68.7 Å². The monoisotopic (exact) mass is 380 g/mol. The Morgan fingerprint density at radius 2 is 1.61 bits per heavy atom. The van der Waals surface area contributed by atoms with Gasteiger partial charge in [0, 0.05) is 36.2 Å². The molecule has 0 bridgehead atoms. The molecule has 0 unspecified atom stereocenters. The maximum Gasteiger partial charge on any atom is 0.231 e. The van der Waals surface area contributed by atoms with E-state index in [1.807, 2.05) is 53.4 Å². The first-order valence-electron chi connectivity index (χ1n) is 8.92. The molecule has 0 atom stereocenters. The van der Waals surface area contributed by atoms with E-state index in [-0.39, 0.29) is 0 Å². The molecule has 0 amide bonds. The van der Waals surface area contributed by atoms with Crippen LogP contribution in [0.15, 0.2) is 54.7 Å². The summed E-state index contributed by atoms with van der Waals surface area (Å²) in [4.78, 5) is 11.1. The van der Waals surface area contributed by atoms with Gasteiger partial charge in [0.1, 0.15) is 5.82 Å². The second-order valence-corrected chi connectivity index (χ2v) is 5.86. The van der Waals surface area contributed by atoms with Gasteiger partial charge in [-0.15, -0.1) is 0 Å². The van der Waals surface area contributed by atoms with E-state index < -0.39 is 0 Å². The van der Waals surface area contributed by atoms with Crippen molar-refractivity contribution in [2.45, 2.75) is 6.92 Å². The number of methoxy groups -OCH3 is 3. The summed E-state index contributed by atoms with van der Waals surface area (Å²) in [6.07, 6.45) is 1.73. The molecule has 146 valence electrons. The molecule has 28 heavy (non-hydrogen) atoms. The third-order valence-electron chi connectivity index (χ3n) is 4.21. The molecule has 7 heteroatoms. The van der Waals surface area contributed by atoms with Crippen molar-refractivity contribution < 1.29 is 14.2 Å². The van der Waals surface area contributed by atoms with Crippen LogP contribution in [0.1, 0.15) is 6.92 Å². The van der Waals surface area contributed by atoms with E-state index in [1.165, 1.54) is 0 Å². The lowest BCUT2D eigenvalue weighted by Gasteiger charge is -2.21. The molecular weight excluding hydrogens is 356 g/mol. The molecule has 3 rings (SSSR count). The fourth-order valence-corrected chi connectivity index (χ4v) is 2.90. The lowest BCUT2D eigenvalue weighted by molar-refractivity contribution is 0.324. The van der Waals surface area contributed by atoms with Crippen LogP contribution in [-0.4, -0.2) is 37.8 Å². The molecule has 1 N–H and O–H groups in total. The first kappa shape index (κ1) is 19.3. The number of nitrogens with one attached hydrogen (secondary N) is 1. The molecule has 2 aromatic carbocycles. The summed E-state index contributed by atoms with van der Waals surface area (Å²) in [5, 5.41) is 3.28. The van der Waals surface area contributed by atoms with E-state index in [0.29, 0.717) is 29.0 Å². The van der Waals surface area contributed by atoms with Crippen LogP contribution in [0, 0.1) is 0 Å². The Bertz CT molecular complexity index is 894. The number of benzene rings is 2. The zero-order valence-electron chi connectivity index (χ0n) is 16.5. The van der Waals surface area contributed by atoms with Crippen molar-refractivity contribution in [1.82, 2.24) is 9.97 Å². The van der Waals surface area contributed by atoms with E-state index in [4.69, 9.17) is 14.2 Å². The van der Waals surface area contributed by atoms with Crippen LogP contribution in [0.5, 0.6) is 17.2 Å². The zero-order valence-corrected chi connectivity index (χ0v) is 16.5. The van der Waals surface area contributed by atoms with E-state index in [9.17, 15) is 0 Å². The smallest absolute Gasteiger partial charge is 0.231 e. The van der Waals surface area contributed by atoms with E-state index in [0.717, 1.165) is 17.9 Å². The molecule has 0 saturated heterocycles. The van der Waals surface area contributed by atoms with Gasteiger partial charge >= 0.3 is 0 Å². The quantitative estimate of drug-likeness (QED) is 0.621. The van der Waals surface area contributed by atoms with Gasteiger partial charge in [-0.25, -0.2) is 4.98 Å². The molecule has 0 saturated carbocycles. The largest absolute Gasteiger partial charge is 0.493 e. The average molecular weight is 380 g/mol. The molecule has 0 aliphatic carbocycles. The molecule has 1 aromatic heterocycles. The van der Waals surface area contributed by atoms with Crippen LogP contribution in [0.25, 0.3) is 0 Å². The molecule has 0 fully saturated rings. The van der Waals surface area contributed by atoms with Gasteiger partial charge in [-0.1, -0.05) is 18.2 Å². The molecule has 0 radical (unpaired) electrons. The minimum atomic E-state index is 0.542. The molecule has 0 spiro atoms. The van der Waals surface area contributed by atoms with Gasteiger partial charge in [0.05, 0.1) is 21.3 Å². The third kappa shape index (κ3) is 4.09. The summed E-state index contributed by atoms with van der Waals surface area (Å²) < 4.78 is 16.2. The average Bonchev–Trinajstić information content (AvgIpc) is 2.74. The number of aromatic nitrogens is 2. The van der Waals surface area contributed by atoms with Crippen LogP contribution in [0.3, 0.4) is 0 Å². The highest BCUT2D eigenvalue weighted by atomic mass is 16.5. The van der Waals surface area contributed by atoms with Gasteiger partial charge < -0.3 is 24.4 Å². The number of rotatable bonds is 8. The molecule has 1 heterocycles. The summed E-state index contributed by atoms with van der Waals surface area (Å²) in [6, 6.07) is 15.5. The van der Waals surface area contributed by atoms with Gasteiger partial charge in [0.2, 0.25) is 11.7 Å². The second-order valence-electron chi connectivity index (χ2n) is 5.86. The van der Waals surface area contributed by atoms with Crippen LogP contribution in [-0.2, 0) is 0 Å². The van der Waals surface area contributed by atoms with E-state index >= 15 is 0 Å². The fraction of sp³-hybridized carbons (Fsp3) is 0.238. The standard InChI is InChI=1S/C21H24N4O3/c1-5-25(16-9-7-6-8-10-16)21-22-12-11-19(24-21)23-15-13-17(26-2)20(28-4)18(14-15)27-3/h6-14H,5H2,1-4H3,(H,22,23,24). The summed E-state index contributed by atoms with van der Waals surface area (Å²) in [6.45, 7) is 2.81. The Hall–Kier alpha value is -3.48. The van der Waals surface area contributed by atoms with Gasteiger partial charge in [-0.2, -0.15) is 4.98 Å². The van der Waals surface area contributed by atoms with Gasteiger partial charge in [-0.3, -0.25) is 0 Å². The van der Waals surface area contributed by atoms with Crippen molar-refractivity contribution in [1.29, 1.82) is 0 Å². The Morgan fingerprint density at radius 1 is 0.929 bits per heavy atom. The lowest BCUT2D eigenvalue weighted by atomic mass is 10.2. The van der Waals surface area contributed by atoms with Gasteiger partial charge in [-0.05, 0) is 25.1 Å². The minimum absolute atomic E-state index is 0.542. The lowest BCUT2D eigenvalue weighted by Crippen LogP contribution is -2.19. The third-order valence-corrected chi connectivity index (χ3v) is 4.21. The van der Waals surface area contributed by atoms with Crippen LogP contribution < -0.4 is 24.4 Å². The SMILES string of the molecule is CCN(c1ccccc1)c1nccc(Nc2cc(OC)c(OC)c(OC)c2)n1. The summed E-state index contributed by atoms with van der Waals surface area (Å²) in [5.74, 6) is 2.95. The number of hydrogen-bond donors (Lipinski definition) is 1. The predicted octanol–water partition coefficient (Wildman–Crippen LogP) is 4.40. The highest BCUT2D eigenvalue weighted by Gasteiger charge is 2.15. The molecular formula is C21H24N4O3. The Balaban J connectivity index is 1.91. The van der Waals surface area contributed by atoms with Crippen LogP contribution >= 0.6 is 0 Å². The van der Waals surface area contributed by atoms with Crippen molar-refractivity contribution >= 4 is 23.1 Å². The maximum atomic E-state index is 5.41. The van der Waals surface area contributed by atoms with Crippen molar-refractivity contribution in [3.05, 3.63) is 54.7 Å². The minimum Gasteiger partial charge on any atom is -0.493 e. The highest BCUT2D eigenvalue weighted by Crippen LogP contribution is 2.40. The Kier molecular flexibility index (Phi) is 6.16. The molecule has 0 aliphatic rings. The number of para-hydroxylation sites is 1. The number of hydrogen-bond acceptors (Lipinski definition) is 7. The normalized spacial score (nSPS) is 10.3. The van der Waals surface area contributed by atoms with E-state index in [1.54, 1.807) is 27.5 Å². The zero-order chi connectivity index (χ0) is 19.9. The van der Waals surface area contributed by atoms with E-state index in [2.05, 4.69) is 22.2 Å². The molecule has 7 nitrogen and oxygen atoms in total. The van der Waals surface area contributed by atoms with Gasteiger partial charge in [0.15, 0.2) is 11.5 Å². The molecule has 0 aliphatic heterocycles. The summed E-state index contributed by atoms with van der Waals surface area (Å²) in [5.41, 5.74) is 1.80. The fourth-order valence-electron chi connectivity index (χ4n) is 2.90. The van der Waals surface area contributed by atoms with Gasteiger partial charge in [0.25, 0.3) is 0 Å². The Labute approximate surface area is 164 Å². The summed E-state index contributed by atoms with van der Waals surface area (Å²) >= 11 is 0. The first-order chi connectivity index (χ1) is 13.7. The number of anilines is 4. The van der Waals surface area contributed by atoms with Crippen molar-refractivity contribution in [2.75, 3.05) is 38.1 Å². The number of ether oxygens (including phenoxy) is 3. The second kappa shape index (κ2) is 8.94. The molecule has 3 aromatic rings. The first-order valence-corrected chi connectivity index (χ1v) is 8.92. The van der Waals surface area contributed by atoms with Crippen LogP contribution in [0.2, 0.25) is 0 Å². The van der Waals surface area contributed by atoms with Crippen molar-refractivity contribution in [3.8, 4) is 17.2 Å². The summed E-state index contributed by atoms with van der Waals surface area (Å²) in [7, 11) is 4.75. The predicted molar refractivity (Wildman–Crippen MR) is 111 cm³/mol. The Morgan fingerprint density at radius 3 is 2.18 bits per heavy atom. The number of nitrogens with zero attached hydrogens (tertiary/aromatic N) is 3.